The van der Waals surface area contributed by atoms with E-state index in [1.54, 1.807) is 38.4 Å². The van der Waals surface area contributed by atoms with E-state index in [9.17, 15) is 13.2 Å². The van der Waals surface area contributed by atoms with Crippen LogP contribution in [-0.2, 0) is 16.6 Å². The molecule has 124 valence electrons. The first-order chi connectivity index (χ1) is 10.8. The standard InChI is InChI=1S/C15H19N3O4S/c1-4-18-10-13(9-14(18)15(19)20)23(21,22)17(3)11(2)12-5-7-16-8-6-12/h5-11H,4H2,1-3H3,(H,19,20). The van der Waals surface area contributed by atoms with Crippen molar-refractivity contribution in [2.75, 3.05) is 7.05 Å². The summed E-state index contributed by atoms with van der Waals surface area (Å²) >= 11 is 0. The molecule has 1 atom stereocenters. The first-order valence-electron chi connectivity index (χ1n) is 7.10. The SMILES string of the molecule is CCn1cc(S(=O)(=O)N(C)C(C)c2ccncc2)cc1C(=O)O. The molecule has 0 aliphatic heterocycles. The Morgan fingerprint density at radius 1 is 1.39 bits per heavy atom. The van der Waals surface area contributed by atoms with Crippen LogP contribution in [0, 0.1) is 0 Å². The second-order valence-electron chi connectivity index (χ2n) is 5.13. The fourth-order valence-electron chi connectivity index (χ4n) is 2.29. The number of carboxylic acid groups (broad SMARTS) is 1. The third-order valence-electron chi connectivity index (χ3n) is 3.84. The molecule has 2 aromatic rings. The van der Waals surface area contributed by atoms with Gasteiger partial charge in [0.05, 0.1) is 0 Å². The van der Waals surface area contributed by atoms with Gasteiger partial charge in [0, 0.05) is 38.2 Å². The Balaban J connectivity index is 2.40. The van der Waals surface area contributed by atoms with Gasteiger partial charge in [0.2, 0.25) is 10.0 Å². The van der Waals surface area contributed by atoms with Gasteiger partial charge in [-0.1, -0.05) is 0 Å². The smallest absolute Gasteiger partial charge is 0.352 e. The Hall–Kier alpha value is -2.19. The van der Waals surface area contributed by atoms with Crippen LogP contribution >= 0.6 is 0 Å². The molecule has 1 N–H and O–H groups in total. The van der Waals surface area contributed by atoms with Gasteiger partial charge in [0.25, 0.3) is 0 Å². The maximum atomic E-state index is 12.8. The summed E-state index contributed by atoms with van der Waals surface area (Å²) in [6, 6.07) is 4.28. The highest BCUT2D eigenvalue weighted by atomic mass is 32.2. The van der Waals surface area contributed by atoms with Gasteiger partial charge >= 0.3 is 5.97 Å². The van der Waals surface area contributed by atoms with Crippen molar-refractivity contribution in [2.45, 2.75) is 31.3 Å². The number of aromatic carboxylic acids is 1. The van der Waals surface area contributed by atoms with Crippen LogP contribution in [0.5, 0.6) is 0 Å². The van der Waals surface area contributed by atoms with Crippen LogP contribution in [0.15, 0.2) is 41.7 Å². The van der Waals surface area contributed by atoms with E-state index in [1.165, 1.54) is 28.2 Å². The zero-order valence-corrected chi connectivity index (χ0v) is 14.0. The summed E-state index contributed by atoms with van der Waals surface area (Å²) in [7, 11) is -2.33. The van der Waals surface area contributed by atoms with Crippen LogP contribution in [0.4, 0.5) is 0 Å². The van der Waals surface area contributed by atoms with E-state index in [-0.39, 0.29) is 10.6 Å². The number of carbonyl (C=O) groups is 1. The fourth-order valence-corrected chi connectivity index (χ4v) is 3.68. The maximum absolute atomic E-state index is 12.8. The minimum atomic E-state index is -3.80. The molecule has 2 heterocycles. The molecule has 7 nitrogen and oxygen atoms in total. The van der Waals surface area contributed by atoms with E-state index in [2.05, 4.69) is 4.98 Å². The highest BCUT2D eigenvalue weighted by Gasteiger charge is 2.29. The van der Waals surface area contributed by atoms with Crippen molar-refractivity contribution in [1.29, 1.82) is 0 Å². The molecule has 0 aromatic carbocycles. The molecule has 0 aliphatic carbocycles. The van der Waals surface area contributed by atoms with E-state index in [0.717, 1.165) is 5.56 Å². The van der Waals surface area contributed by atoms with Crippen molar-refractivity contribution in [2.24, 2.45) is 0 Å². The topological polar surface area (TPSA) is 92.5 Å². The minimum Gasteiger partial charge on any atom is -0.477 e. The quantitative estimate of drug-likeness (QED) is 0.870. The number of hydrogen-bond donors (Lipinski definition) is 1. The van der Waals surface area contributed by atoms with Crippen LogP contribution < -0.4 is 0 Å². The molecule has 8 heteroatoms. The van der Waals surface area contributed by atoms with Gasteiger partial charge in [0.15, 0.2) is 0 Å². The maximum Gasteiger partial charge on any atom is 0.352 e. The van der Waals surface area contributed by atoms with E-state index >= 15 is 0 Å². The van der Waals surface area contributed by atoms with E-state index in [1.807, 2.05) is 0 Å². The fraction of sp³-hybridized carbons (Fsp3) is 0.333. The molecule has 0 fully saturated rings. The Kier molecular flexibility index (Phi) is 4.86. The van der Waals surface area contributed by atoms with Gasteiger partial charge in [-0.25, -0.2) is 13.2 Å². The molecule has 0 radical (unpaired) electrons. The molecule has 0 aliphatic rings. The van der Waals surface area contributed by atoms with Crippen LogP contribution in [0.2, 0.25) is 0 Å². The third kappa shape index (κ3) is 3.27. The number of aryl methyl sites for hydroxylation is 1. The van der Waals surface area contributed by atoms with Crippen molar-refractivity contribution in [3.63, 3.8) is 0 Å². The largest absolute Gasteiger partial charge is 0.477 e. The van der Waals surface area contributed by atoms with Gasteiger partial charge in [-0.2, -0.15) is 4.31 Å². The first kappa shape index (κ1) is 17.2. The van der Waals surface area contributed by atoms with Crippen LogP contribution in [-0.4, -0.2) is 40.4 Å². The Morgan fingerprint density at radius 3 is 2.48 bits per heavy atom. The lowest BCUT2D eigenvalue weighted by Gasteiger charge is -2.24. The monoisotopic (exact) mass is 337 g/mol. The van der Waals surface area contributed by atoms with Crippen molar-refractivity contribution < 1.29 is 18.3 Å². The third-order valence-corrected chi connectivity index (χ3v) is 5.74. The Morgan fingerprint density at radius 2 is 2.00 bits per heavy atom. The molecule has 0 saturated carbocycles. The van der Waals surface area contributed by atoms with E-state index in [4.69, 9.17) is 5.11 Å². The Bertz CT molecular complexity index is 799. The number of sulfonamides is 1. The molecule has 0 saturated heterocycles. The minimum absolute atomic E-state index is 0.0276. The average Bonchev–Trinajstić information content (AvgIpc) is 2.99. The molecule has 23 heavy (non-hydrogen) atoms. The van der Waals surface area contributed by atoms with E-state index < -0.39 is 22.0 Å². The number of pyridine rings is 1. The van der Waals surface area contributed by atoms with Crippen LogP contribution in [0.25, 0.3) is 0 Å². The summed E-state index contributed by atoms with van der Waals surface area (Å²) in [6.07, 6.45) is 4.55. The average molecular weight is 337 g/mol. The van der Waals surface area contributed by atoms with Crippen LogP contribution in [0.3, 0.4) is 0 Å². The molecule has 0 spiro atoms. The molecular weight excluding hydrogens is 318 g/mol. The van der Waals surface area contributed by atoms with Crippen molar-refractivity contribution in [3.8, 4) is 0 Å². The number of rotatable bonds is 6. The van der Waals surface area contributed by atoms with Gasteiger partial charge in [-0.15, -0.1) is 0 Å². The van der Waals surface area contributed by atoms with Crippen molar-refractivity contribution in [3.05, 3.63) is 48.0 Å². The summed E-state index contributed by atoms with van der Waals surface area (Å²) in [4.78, 5) is 15.1. The van der Waals surface area contributed by atoms with Crippen molar-refractivity contribution in [1.82, 2.24) is 13.9 Å². The molecular formula is C15H19N3O4S. The molecule has 0 amide bonds. The predicted octanol–water partition coefficient (Wildman–Crippen LogP) is 1.98. The lowest BCUT2D eigenvalue weighted by Crippen LogP contribution is -2.29. The summed E-state index contributed by atoms with van der Waals surface area (Å²) in [5.41, 5.74) is 0.760. The van der Waals surface area contributed by atoms with Gasteiger partial charge < -0.3 is 9.67 Å². The second kappa shape index (κ2) is 6.51. The highest BCUT2D eigenvalue weighted by Crippen LogP contribution is 2.26. The molecule has 2 aromatic heterocycles. The second-order valence-corrected chi connectivity index (χ2v) is 7.13. The number of nitrogens with zero attached hydrogens (tertiary/aromatic N) is 3. The zero-order valence-electron chi connectivity index (χ0n) is 13.2. The Labute approximate surface area is 135 Å². The van der Waals surface area contributed by atoms with Crippen LogP contribution in [0.1, 0.15) is 35.9 Å². The summed E-state index contributed by atoms with van der Waals surface area (Å²) in [5, 5.41) is 9.17. The van der Waals surface area contributed by atoms with E-state index in [0.29, 0.717) is 6.54 Å². The zero-order chi connectivity index (χ0) is 17.2. The summed E-state index contributed by atoms with van der Waals surface area (Å²) in [6.45, 7) is 3.90. The van der Waals surface area contributed by atoms with Gasteiger partial charge in [-0.05, 0) is 37.6 Å². The van der Waals surface area contributed by atoms with Crippen molar-refractivity contribution >= 4 is 16.0 Å². The molecule has 0 bridgehead atoms. The predicted molar refractivity (Wildman–Crippen MR) is 84.7 cm³/mol. The number of aromatic nitrogens is 2. The lowest BCUT2D eigenvalue weighted by atomic mass is 10.1. The van der Waals surface area contributed by atoms with Gasteiger partial charge in [-0.3, -0.25) is 4.98 Å². The first-order valence-corrected chi connectivity index (χ1v) is 8.54. The number of hydrogen-bond acceptors (Lipinski definition) is 4. The summed E-state index contributed by atoms with van der Waals surface area (Å²) in [5.74, 6) is -1.15. The lowest BCUT2D eigenvalue weighted by molar-refractivity contribution is 0.0685. The highest BCUT2D eigenvalue weighted by molar-refractivity contribution is 7.89. The molecule has 2 rings (SSSR count). The van der Waals surface area contributed by atoms with Gasteiger partial charge in [0.1, 0.15) is 10.6 Å². The normalized spacial score (nSPS) is 13.2. The number of carboxylic acids is 1. The molecule has 1 unspecified atom stereocenters. The summed E-state index contributed by atoms with van der Waals surface area (Å²) < 4.78 is 28.1.